The van der Waals surface area contributed by atoms with E-state index < -0.39 is 0 Å². The second-order valence-corrected chi connectivity index (χ2v) is 4.53. The minimum Gasteiger partial charge on any atom is -0.275 e. The Morgan fingerprint density at radius 3 is 2.82 bits per heavy atom. The molecule has 0 bridgehead atoms. The van der Waals surface area contributed by atoms with Crippen LogP contribution in [0, 0.1) is 6.92 Å². The Labute approximate surface area is 104 Å². The standard InChI is InChI=1S/C12H11ClN4/c1-7-10(5-17(2)16-7)8-3-9-11(4-8)14-6-15-12(9)13/h4-6H,3H2,1-2H3. The Balaban J connectivity index is 2.06. The summed E-state index contributed by atoms with van der Waals surface area (Å²) in [6, 6.07) is 0. The van der Waals surface area contributed by atoms with Crippen molar-refractivity contribution in [2.45, 2.75) is 13.3 Å². The minimum atomic E-state index is 0.544. The van der Waals surface area contributed by atoms with Crippen molar-refractivity contribution in [3.05, 3.63) is 40.2 Å². The van der Waals surface area contributed by atoms with Crippen LogP contribution < -0.4 is 0 Å². The fourth-order valence-corrected chi connectivity index (χ4v) is 2.39. The highest BCUT2D eigenvalue weighted by atomic mass is 35.5. The number of fused-ring (bicyclic) bond motifs is 1. The predicted octanol–water partition coefficient (Wildman–Crippen LogP) is 2.27. The van der Waals surface area contributed by atoms with Gasteiger partial charge in [0.25, 0.3) is 0 Å². The van der Waals surface area contributed by atoms with Gasteiger partial charge in [0.15, 0.2) is 0 Å². The van der Waals surface area contributed by atoms with Crippen LogP contribution in [0.15, 0.2) is 12.5 Å². The van der Waals surface area contributed by atoms with E-state index in [1.165, 1.54) is 11.9 Å². The zero-order valence-electron chi connectivity index (χ0n) is 9.61. The summed E-state index contributed by atoms with van der Waals surface area (Å²) in [7, 11) is 1.92. The van der Waals surface area contributed by atoms with Crippen molar-refractivity contribution < 1.29 is 0 Å². The molecule has 0 radical (unpaired) electrons. The van der Waals surface area contributed by atoms with Crippen LogP contribution in [0.25, 0.3) is 11.6 Å². The van der Waals surface area contributed by atoms with Gasteiger partial charge in [0.05, 0.1) is 11.4 Å². The molecule has 0 fully saturated rings. The van der Waals surface area contributed by atoms with Gasteiger partial charge in [-0.3, -0.25) is 4.68 Å². The molecule has 2 aromatic heterocycles. The van der Waals surface area contributed by atoms with E-state index in [0.29, 0.717) is 5.15 Å². The van der Waals surface area contributed by atoms with Crippen LogP contribution in [0.1, 0.15) is 22.5 Å². The monoisotopic (exact) mass is 246 g/mol. The summed E-state index contributed by atoms with van der Waals surface area (Å²) in [5, 5.41) is 4.89. The van der Waals surface area contributed by atoms with Crippen molar-refractivity contribution in [2.24, 2.45) is 7.05 Å². The van der Waals surface area contributed by atoms with Crippen molar-refractivity contribution in [3.8, 4) is 0 Å². The summed E-state index contributed by atoms with van der Waals surface area (Å²) >= 11 is 6.06. The molecule has 0 unspecified atom stereocenters. The highest BCUT2D eigenvalue weighted by Gasteiger charge is 2.20. The van der Waals surface area contributed by atoms with Gasteiger partial charge < -0.3 is 0 Å². The Bertz CT molecular complexity index is 627. The second kappa shape index (κ2) is 3.67. The third-order valence-electron chi connectivity index (χ3n) is 2.96. The molecule has 17 heavy (non-hydrogen) atoms. The average molecular weight is 247 g/mol. The average Bonchev–Trinajstić information content (AvgIpc) is 2.82. The molecule has 3 rings (SSSR count). The summed E-state index contributed by atoms with van der Waals surface area (Å²) < 4.78 is 1.82. The fourth-order valence-electron chi connectivity index (χ4n) is 2.19. The van der Waals surface area contributed by atoms with Crippen LogP contribution in [0.2, 0.25) is 5.15 Å². The molecule has 86 valence electrons. The maximum Gasteiger partial charge on any atom is 0.136 e. The summed E-state index contributed by atoms with van der Waals surface area (Å²) in [4.78, 5) is 8.24. The van der Waals surface area contributed by atoms with Gasteiger partial charge in [-0.25, -0.2) is 9.97 Å². The first kappa shape index (κ1) is 10.5. The van der Waals surface area contributed by atoms with Crippen molar-refractivity contribution in [3.63, 3.8) is 0 Å². The molecule has 0 amide bonds. The maximum atomic E-state index is 6.06. The van der Waals surface area contributed by atoms with Crippen LogP contribution in [-0.4, -0.2) is 19.7 Å². The highest BCUT2D eigenvalue weighted by Crippen LogP contribution is 2.34. The van der Waals surface area contributed by atoms with Crippen LogP contribution in [-0.2, 0) is 13.5 Å². The molecular weight excluding hydrogens is 236 g/mol. The maximum absolute atomic E-state index is 6.06. The molecule has 0 saturated carbocycles. The van der Waals surface area contributed by atoms with E-state index in [4.69, 9.17) is 11.6 Å². The van der Waals surface area contributed by atoms with E-state index >= 15 is 0 Å². The van der Waals surface area contributed by atoms with Gasteiger partial charge in [-0.2, -0.15) is 5.10 Å². The van der Waals surface area contributed by atoms with Crippen molar-refractivity contribution >= 4 is 23.3 Å². The number of nitrogens with zero attached hydrogens (tertiary/aromatic N) is 4. The van der Waals surface area contributed by atoms with Crippen molar-refractivity contribution in [1.29, 1.82) is 0 Å². The van der Waals surface area contributed by atoms with E-state index in [-0.39, 0.29) is 0 Å². The van der Waals surface area contributed by atoms with Gasteiger partial charge >= 0.3 is 0 Å². The summed E-state index contributed by atoms with van der Waals surface area (Å²) in [6.45, 7) is 2.01. The number of allylic oxidation sites excluding steroid dienone is 1. The molecule has 2 aromatic rings. The molecule has 0 aromatic carbocycles. The zero-order chi connectivity index (χ0) is 12.0. The molecule has 1 aliphatic rings. The smallest absolute Gasteiger partial charge is 0.136 e. The second-order valence-electron chi connectivity index (χ2n) is 4.18. The summed E-state index contributed by atoms with van der Waals surface area (Å²) in [5.74, 6) is 0. The molecule has 1 aliphatic carbocycles. The number of rotatable bonds is 1. The highest BCUT2D eigenvalue weighted by molar-refractivity contribution is 6.30. The van der Waals surface area contributed by atoms with Gasteiger partial charge in [0.1, 0.15) is 11.5 Å². The van der Waals surface area contributed by atoms with Gasteiger partial charge in [-0.15, -0.1) is 0 Å². The van der Waals surface area contributed by atoms with E-state index in [9.17, 15) is 0 Å². The molecule has 0 saturated heterocycles. The van der Waals surface area contributed by atoms with E-state index in [1.807, 2.05) is 24.9 Å². The van der Waals surface area contributed by atoms with E-state index in [1.54, 1.807) is 0 Å². The molecule has 0 aliphatic heterocycles. The lowest BCUT2D eigenvalue weighted by atomic mass is 10.1. The van der Waals surface area contributed by atoms with Crippen molar-refractivity contribution in [2.75, 3.05) is 0 Å². The van der Waals surface area contributed by atoms with Crippen LogP contribution in [0.4, 0.5) is 0 Å². The van der Waals surface area contributed by atoms with Crippen LogP contribution in [0.5, 0.6) is 0 Å². The molecule has 2 heterocycles. The summed E-state index contributed by atoms with van der Waals surface area (Å²) in [6.07, 6.45) is 6.36. The minimum absolute atomic E-state index is 0.544. The van der Waals surface area contributed by atoms with E-state index in [2.05, 4.69) is 21.1 Å². The van der Waals surface area contributed by atoms with E-state index in [0.717, 1.165) is 28.9 Å². The molecule has 0 atom stereocenters. The lowest BCUT2D eigenvalue weighted by Gasteiger charge is -2.00. The first-order chi connectivity index (χ1) is 8.15. The Morgan fingerprint density at radius 2 is 2.18 bits per heavy atom. The molecule has 0 N–H and O–H groups in total. The van der Waals surface area contributed by atoms with Gasteiger partial charge in [0, 0.05) is 30.8 Å². The fraction of sp³-hybridized carbons (Fsp3) is 0.250. The molecule has 0 spiro atoms. The third-order valence-corrected chi connectivity index (χ3v) is 3.29. The van der Waals surface area contributed by atoms with Gasteiger partial charge in [-0.1, -0.05) is 11.6 Å². The SMILES string of the molecule is Cc1nn(C)cc1C1=Cc2ncnc(Cl)c2C1. The van der Waals surface area contributed by atoms with Crippen LogP contribution >= 0.6 is 11.6 Å². The van der Waals surface area contributed by atoms with Gasteiger partial charge in [0.2, 0.25) is 0 Å². The number of aromatic nitrogens is 4. The third kappa shape index (κ3) is 1.65. The topological polar surface area (TPSA) is 43.6 Å². The molecular formula is C12H11ClN4. The number of hydrogen-bond acceptors (Lipinski definition) is 3. The number of halogens is 1. The lowest BCUT2D eigenvalue weighted by Crippen LogP contribution is -1.91. The zero-order valence-corrected chi connectivity index (χ0v) is 10.4. The first-order valence-corrected chi connectivity index (χ1v) is 5.73. The molecule has 5 heteroatoms. The number of hydrogen-bond donors (Lipinski definition) is 0. The Morgan fingerprint density at radius 1 is 1.35 bits per heavy atom. The quantitative estimate of drug-likeness (QED) is 0.725. The van der Waals surface area contributed by atoms with Gasteiger partial charge in [-0.05, 0) is 18.6 Å². The predicted molar refractivity (Wildman–Crippen MR) is 66.6 cm³/mol. The number of aryl methyl sites for hydroxylation is 2. The Hall–Kier alpha value is -1.68. The Kier molecular flexibility index (Phi) is 2.26. The lowest BCUT2D eigenvalue weighted by molar-refractivity contribution is 0.756. The normalized spacial score (nSPS) is 13.7. The molecule has 4 nitrogen and oxygen atoms in total. The largest absolute Gasteiger partial charge is 0.275 e. The summed E-state index contributed by atoms with van der Waals surface area (Å²) in [5.41, 5.74) is 5.31. The van der Waals surface area contributed by atoms with Crippen LogP contribution in [0.3, 0.4) is 0 Å². The van der Waals surface area contributed by atoms with Crippen molar-refractivity contribution in [1.82, 2.24) is 19.7 Å². The first-order valence-electron chi connectivity index (χ1n) is 5.35.